The molecule has 0 radical (unpaired) electrons. The van der Waals surface area contributed by atoms with Gasteiger partial charge in [0.2, 0.25) is 5.95 Å². The van der Waals surface area contributed by atoms with Crippen molar-refractivity contribution in [2.75, 3.05) is 38.1 Å². The number of piperazine rings is 1. The summed E-state index contributed by atoms with van der Waals surface area (Å²) in [5, 5.41) is 4.54. The van der Waals surface area contributed by atoms with E-state index in [4.69, 9.17) is 9.73 Å². The fraction of sp³-hybridized carbons (Fsp3) is 0.577. The Bertz CT molecular complexity index is 1010. The third-order valence-corrected chi connectivity index (χ3v) is 5.17. The van der Waals surface area contributed by atoms with Crippen molar-refractivity contribution in [1.29, 1.82) is 0 Å². The molecule has 0 atom stereocenters. The van der Waals surface area contributed by atoms with E-state index in [1.165, 1.54) is 11.1 Å². The number of carbonyl (C=O) groups excluding carboxylic acids is 1. The quantitative estimate of drug-likeness (QED) is 0.523. The summed E-state index contributed by atoms with van der Waals surface area (Å²) in [6.07, 6.45) is 6.47. The molecule has 3 rings (SSSR count). The van der Waals surface area contributed by atoms with Gasteiger partial charge >= 0.3 is 6.09 Å². The third kappa shape index (κ3) is 7.71. The summed E-state index contributed by atoms with van der Waals surface area (Å²) in [6.45, 7) is 21.2. The molecule has 9 heteroatoms. The highest BCUT2D eigenvalue weighted by atomic mass is 16.6. The van der Waals surface area contributed by atoms with E-state index >= 15 is 0 Å². The lowest BCUT2D eigenvalue weighted by molar-refractivity contribution is 0.0514. The predicted molar refractivity (Wildman–Crippen MR) is 144 cm³/mol. The van der Waals surface area contributed by atoms with Crippen LogP contribution >= 0.6 is 0 Å². The van der Waals surface area contributed by atoms with Crippen LogP contribution in [0.15, 0.2) is 24.0 Å². The van der Waals surface area contributed by atoms with E-state index in [9.17, 15) is 4.79 Å². The minimum Gasteiger partial charge on any atom is -0.442 e. The van der Waals surface area contributed by atoms with E-state index in [0.717, 1.165) is 38.3 Å². The molecule has 0 aliphatic carbocycles. The van der Waals surface area contributed by atoms with Crippen molar-refractivity contribution in [3.8, 4) is 11.3 Å². The van der Waals surface area contributed by atoms with Crippen LogP contribution < -0.4 is 4.90 Å². The zero-order valence-corrected chi connectivity index (χ0v) is 22.6. The molecule has 0 aromatic carbocycles. The lowest BCUT2D eigenvalue weighted by Gasteiger charge is -2.32. The Hall–Kier alpha value is -3.07. The van der Waals surface area contributed by atoms with Crippen LogP contribution in [0.4, 0.5) is 16.4 Å². The zero-order valence-electron chi connectivity index (χ0n) is 22.6. The first-order valence-corrected chi connectivity index (χ1v) is 12.3. The molecular weight excluding hydrogens is 442 g/mol. The van der Waals surface area contributed by atoms with Gasteiger partial charge in [-0.3, -0.25) is 4.99 Å². The number of nitrogens with zero attached hydrogens (tertiary/aromatic N) is 7. The topological polar surface area (TPSA) is 88.7 Å². The average Bonchev–Trinajstić information content (AvgIpc) is 3.17. The second kappa shape index (κ2) is 12.6. The standard InChI is InChI=1S/C23H33N7O2.C3H8/c1-8-16(3)26-20-18(9-2)30(22(31)32-23(4,5)6)27-19(20)17-14-24-21(25-15-17)29-12-10-28(7)11-13-29;1-3-2/h9,14-15H,2,8,10-13H2,1,3-7H3;3H2,1-2H3. The van der Waals surface area contributed by atoms with E-state index in [0.29, 0.717) is 28.6 Å². The highest BCUT2D eigenvalue weighted by Gasteiger charge is 2.26. The molecular formula is C26H41N7O2. The summed E-state index contributed by atoms with van der Waals surface area (Å²) >= 11 is 0. The summed E-state index contributed by atoms with van der Waals surface area (Å²) in [7, 11) is 2.11. The van der Waals surface area contributed by atoms with Gasteiger partial charge in [-0.1, -0.05) is 33.8 Å². The number of rotatable bonds is 5. The number of aliphatic imine (C=N–C) groups is 1. The highest BCUT2D eigenvalue weighted by molar-refractivity contribution is 5.91. The molecule has 0 unspecified atom stereocenters. The summed E-state index contributed by atoms with van der Waals surface area (Å²) in [4.78, 5) is 31.1. The first kappa shape index (κ1) is 28.2. The summed E-state index contributed by atoms with van der Waals surface area (Å²) in [5.74, 6) is 0.687. The molecule has 2 aromatic heterocycles. The highest BCUT2D eigenvalue weighted by Crippen LogP contribution is 2.34. The Morgan fingerprint density at radius 1 is 1.14 bits per heavy atom. The maximum absolute atomic E-state index is 12.8. The van der Waals surface area contributed by atoms with Crippen molar-refractivity contribution >= 4 is 29.5 Å². The van der Waals surface area contributed by atoms with Crippen LogP contribution in [-0.2, 0) is 4.74 Å². The summed E-state index contributed by atoms with van der Waals surface area (Å²) < 4.78 is 6.74. The van der Waals surface area contributed by atoms with Gasteiger partial charge in [0.15, 0.2) is 0 Å². The minimum absolute atomic E-state index is 0.477. The number of hydrogen-bond donors (Lipinski definition) is 0. The number of aromatic nitrogens is 4. The van der Waals surface area contributed by atoms with Gasteiger partial charge in [-0.25, -0.2) is 14.8 Å². The number of likely N-dealkylation sites (N-methyl/N-ethyl adjacent to an activating group) is 1. The van der Waals surface area contributed by atoms with E-state index < -0.39 is 11.7 Å². The Balaban J connectivity index is 0.00000137. The number of carbonyl (C=O) groups is 1. The van der Waals surface area contributed by atoms with Crippen LogP contribution in [-0.4, -0.2) is 75.3 Å². The maximum atomic E-state index is 12.8. The molecule has 3 heterocycles. The normalized spacial score (nSPS) is 14.9. The van der Waals surface area contributed by atoms with Crippen LogP contribution in [0.25, 0.3) is 17.3 Å². The van der Waals surface area contributed by atoms with Crippen LogP contribution in [0, 0.1) is 0 Å². The van der Waals surface area contributed by atoms with Crippen molar-refractivity contribution in [3.63, 3.8) is 0 Å². The predicted octanol–water partition coefficient (Wildman–Crippen LogP) is 5.44. The molecule has 0 spiro atoms. The van der Waals surface area contributed by atoms with E-state index in [2.05, 4.69) is 52.3 Å². The Labute approximate surface area is 209 Å². The van der Waals surface area contributed by atoms with Gasteiger partial charge in [-0.2, -0.15) is 9.78 Å². The van der Waals surface area contributed by atoms with Gasteiger partial charge in [-0.15, -0.1) is 0 Å². The van der Waals surface area contributed by atoms with E-state index in [1.54, 1.807) is 18.5 Å². The Morgan fingerprint density at radius 2 is 1.71 bits per heavy atom. The Morgan fingerprint density at radius 3 is 2.20 bits per heavy atom. The van der Waals surface area contributed by atoms with Crippen LogP contribution in [0.5, 0.6) is 0 Å². The molecule has 192 valence electrons. The van der Waals surface area contributed by atoms with Crippen molar-refractivity contribution < 1.29 is 9.53 Å². The van der Waals surface area contributed by atoms with Crippen LogP contribution in [0.1, 0.15) is 67.0 Å². The molecule has 35 heavy (non-hydrogen) atoms. The smallest absolute Gasteiger partial charge is 0.435 e. The van der Waals surface area contributed by atoms with Crippen LogP contribution in [0.3, 0.4) is 0 Å². The minimum atomic E-state index is -0.655. The van der Waals surface area contributed by atoms with Gasteiger partial charge in [0.1, 0.15) is 17.0 Å². The first-order chi connectivity index (χ1) is 16.5. The first-order valence-electron chi connectivity index (χ1n) is 12.3. The molecule has 2 aromatic rings. The fourth-order valence-corrected chi connectivity index (χ4v) is 3.24. The van der Waals surface area contributed by atoms with Gasteiger partial charge in [0, 0.05) is 49.8 Å². The van der Waals surface area contributed by atoms with Crippen molar-refractivity contribution in [2.45, 2.75) is 66.9 Å². The second-order valence-electron chi connectivity index (χ2n) is 9.65. The SMILES string of the molecule is C=Cc1c(N=C(C)CC)c(-c2cnc(N3CCN(C)CC3)nc2)nn1C(=O)OC(C)(C)C.CCC. The van der Waals surface area contributed by atoms with Gasteiger partial charge in [0.05, 0.1) is 5.69 Å². The van der Waals surface area contributed by atoms with Crippen molar-refractivity contribution in [1.82, 2.24) is 24.6 Å². The maximum Gasteiger partial charge on any atom is 0.435 e. The van der Waals surface area contributed by atoms with Crippen molar-refractivity contribution in [3.05, 3.63) is 24.7 Å². The number of ether oxygens (including phenoxy) is 1. The zero-order chi connectivity index (χ0) is 26.2. The average molecular weight is 484 g/mol. The lowest BCUT2D eigenvalue weighted by Crippen LogP contribution is -2.45. The van der Waals surface area contributed by atoms with E-state index in [1.807, 2.05) is 34.6 Å². The molecule has 1 saturated heterocycles. The molecule has 1 aliphatic rings. The molecule has 1 aliphatic heterocycles. The third-order valence-electron chi connectivity index (χ3n) is 5.17. The molecule has 0 amide bonds. The van der Waals surface area contributed by atoms with Gasteiger partial charge < -0.3 is 14.5 Å². The number of hydrogen-bond acceptors (Lipinski definition) is 8. The largest absolute Gasteiger partial charge is 0.442 e. The molecule has 0 bridgehead atoms. The molecule has 0 saturated carbocycles. The molecule has 1 fully saturated rings. The Kier molecular flexibility index (Phi) is 10.1. The summed E-state index contributed by atoms with van der Waals surface area (Å²) in [5.41, 5.74) is 2.48. The summed E-state index contributed by atoms with van der Waals surface area (Å²) in [6, 6.07) is 0. The molecule has 9 nitrogen and oxygen atoms in total. The lowest BCUT2D eigenvalue weighted by atomic mass is 10.2. The van der Waals surface area contributed by atoms with Gasteiger partial charge in [0.25, 0.3) is 0 Å². The van der Waals surface area contributed by atoms with Crippen LogP contribution in [0.2, 0.25) is 0 Å². The van der Waals surface area contributed by atoms with Crippen molar-refractivity contribution in [2.24, 2.45) is 4.99 Å². The van der Waals surface area contributed by atoms with E-state index in [-0.39, 0.29) is 0 Å². The van der Waals surface area contributed by atoms with Gasteiger partial charge in [-0.05, 0) is 47.2 Å². The monoisotopic (exact) mass is 483 g/mol. The molecule has 0 N–H and O–H groups in total. The fourth-order valence-electron chi connectivity index (χ4n) is 3.24. The number of anilines is 1. The second-order valence-corrected chi connectivity index (χ2v) is 9.65.